The van der Waals surface area contributed by atoms with Crippen LogP contribution in [0.1, 0.15) is 24.1 Å². The Hall–Kier alpha value is -1.77. The van der Waals surface area contributed by atoms with E-state index in [0.29, 0.717) is 6.54 Å². The minimum atomic E-state index is -0.171. The SMILES string of the molecule is C=CCNC(=O)N[C@H](C)c1ccccc1C. The molecule has 0 bridgehead atoms. The summed E-state index contributed by atoms with van der Waals surface area (Å²) >= 11 is 0. The van der Waals surface area contributed by atoms with Gasteiger partial charge in [0.15, 0.2) is 0 Å². The van der Waals surface area contributed by atoms with Gasteiger partial charge in [0.1, 0.15) is 0 Å². The van der Waals surface area contributed by atoms with Gasteiger partial charge in [-0.3, -0.25) is 0 Å². The van der Waals surface area contributed by atoms with E-state index in [-0.39, 0.29) is 12.1 Å². The van der Waals surface area contributed by atoms with Crippen LogP contribution in [0.3, 0.4) is 0 Å². The minimum Gasteiger partial charge on any atom is -0.335 e. The highest BCUT2D eigenvalue weighted by Crippen LogP contribution is 2.16. The average Bonchev–Trinajstić information content (AvgIpc) is 2.26. The van der Waals surface area contributed by atoms with Gasteiger partial charge in [0.05, 0.1) is 6.04 Å². The van der Waals surface area contributed by atoms with Crippen LogP contribution < -0.4 is 10.6 Å². The quantitative estimate of drug-likeness (QED) is 0.749. The Morgan fingerprint density at radius 3 is 2.81 bits per heavy atom. The Balaban J connectivity index is 2.58. The molecule has 16 heavy (non-hydrogen) atoms. The monoisotopic (exact) mass is 218 g/mol. The van der Waals surface area contributed by atoms with E-state index in [9.17, 15) is 4.79 Å². The summed E-state index contributed by atoms with van der Waals surface area (Å²) in [6.07, 6.45) is 1.65. The predicted octanol–water partition coefficient (Wildman–Crippen LogP) is 2.54. The van der Waals surface area contributed by atoms with Crippen LogP contribution in [0.25, 0.3) is 0 Å². The van der Waals surface area contributed by atoms with Crippen LogP contribution in [0, 0.1) is 6.92 Å². The fourth-order valence-corrected chi connectivity index (χ4v) is 1.56. The molecule has 0 saturated carbocycles. The number of amides is 2. The Morgan fingerprint density at radius 2 is 2.19 bits per heavy atom. The van der Waals surface area contributed by atoms with Crippen molar-refractivity contribution in [2.24, 2.45) is 0 Å². The van der Waals surface area contributed by atoms with Crippen LogP contribution in [0.2, 0.25) is 0 Å². The molecule has 2 amide bonds. The highest BCUT2D eigenvalue weighted by molar-refractivity contribution is 5.74. The number of rotatable bonds is 4. The van der Waals surface area contributed by atoms with E-state index in [1.54, 1.807) is 6.08 Å². The summed E-state index contributed by atoms with van der Waals surface area (Å²) in [5.74, 6) is 0. The molecule has 0 aliphatic rings. The predicted molar refractivity (Wildman–Crippen MR) is 66.3 cm³/mol. The summed E-state index contributed by atoms with van der Waals surface area (Å²) < 4.78 is 0. The zero-order valence-corrected chi connectivity index (χ0v) is 9.79. The Kier molecular flexibility index (Phi) is 4.58. The summed E-state index contributed by atoms with van der Waals surface area (Å²) in [6, 6.07) is 7.86. The van der Waals surface area contributed by atoms with Crippen molar-refractivity contribution >= 4 is 6.03 Å². The van der Waals surface area contributed by atoms with Crippen LogP contribution in [0.5, 0.6) is 0 Å². The second kappa shape index (κ2) is 5.95. The molecule has 3 nitrogen and oxygen atoms in total. The fraction of sp³-hybridized carbons (Fsp3) is 0.308. The fourth-order valence-electron chi connectivity index (χ4n) is 1.56. The molecule has 0 spiro atoms. The standard InChI is InChI=1S/C13H18N2O/c1-4-9-14-13(16)15-11(3)12-8-6-5-7-10(12)2/h4-8,11H,1,9H2,2-3H3,(H2,14,15,16)/t11-/m1/s1. The molecule has 0 unspecified atom stereocenters. The van der Waals surface area contributed by atoms with Crippen LogP contribution in [-0.2, 0) is 0 Å². The zero-order chi connectivity index (χ0) is 12.0. The van der Waals surface area contributed by atoms with Gasteiger partial charge in [-0.2, -0.15) is 0 Å². The number of carbonyl (C=O) groups is 1. The van der Waals surface area contributed by atoms with E-state index in [0.717, 1.165) is 5.56 Å². The van der Waals surface area contributed by atoms with Crippen LogP contribution in [0.15, 0.2) is 36.9 Å². The molecule has 0 saturated heterocycles. The van der Waals surface area contributed by atoms with E-state index in [4.69, 9.17) is 0 Å². The summed E-state index contributed by atoms with van der Waals surface area (Å²) in [6.45, 7) is 8.03. The van der Waals surface area contributed by atoms with Crippen molar-refractivity contribution in [1.82, 2.24) is 10.6 Å². The van der Waals surface area contributed by atoms with Gasteiger partial charge < -0.3 is 10.6 Å². The Labute approximate surface area is 96.6 Å². The number of aryl methyl sites for hydroxylation is 1. The first-order valence-corrected chi connectivity index (χ1v) is 5.36. The van der Waals surface area contributed by atoms with Crippen molar-refractivity contribution < 1.29 is 4.79 Å². The lowest BCUT2D eigenvalue weighted by molar-refractivity contribution is 0.239. The van der Waals surface area contributed by atoms with Gasteiger partial charge in [0, 0.05) is 6.54 Å². The second-order valence-corrected chi connectivity index (χ2v) is 3.72. The third kappa shape index (κ3) is 3.42. The van der Waals surface area contributed by atoms with Crippen molar-refractivity contribution in [2.75, 3.05) is 6.54 Å². The molecule has 0 aliphatic heterocycles. The maximum atomic E-state index is 11.4. The number of hydrogen-bond donors (Lipinski definition) is 2. The number of urea groups is 1. The van der Waals surface area contributed by atoms with E-state index in [1.807, 2.05) is 38.1 Å². The number of carbonyl (C=O) groups excluding carboxylic acids is 1. The van der Waals surface area contributed by atoms with Gasteiger partial charge in [0.25, 0.3) is 0 Å². The topological polar surface area (TPSA) is 41.1 Å². The van der Waals surface area contributed by atoms with Crippen molar-refractivity contribution in [3.05, 3.63) is 48.0 Å². The lowest BCUT2D eigenvalue weighted by Crippen LogP contribution is -2.37. The molecule has 0 fully saturated rings. The highest BCUT2D eigenvalue weighted by atomic mass is 16.2. The summed E-state index contributed by atoms with van der Waals surface area (Å²) in [4.78, 5) is 11.4. The molecule has 1 aromatic carbocycles. The van der Waals surface area contributed by atoms with Crippen molar-refractivity contribution in [1.29, 1.82) is 0 Å². The number of benzene rings is 1. The van der Waals surface area contributed by atoms with Crippen LogP contribution in [-0.4, -0.2) is 12.6 Å². The first kappa shape index (κ1) is 12.3. The largest absolute Gasteiger partial charge is 0.335 e. The third-order valence-corrected chi connectivity index (χ3v) is 2.41. The summed E-state index contributed by atoms with van der Waals surface area (Å²) in [7, 11) is 0. The van der Waals surface area contributed by atoms with Crippen molar-refractivity contribution in [3.63, 3.8) is 0 Å². The van der Waals surface area contributed by atoms with E-state index in [2.05, 4.69) is 17.2 Å². The second-order valence-electron chi connectivity index (χ2n) is 3.72. The molecule has 0 aromatic heterocycles. The van der Waals surface area contributed by atoms with Gasteiger partial charge in [0.2, 0.25) is 0 Å². The first-order valence-electron chi connectivity index (χ1n) is 5.36. The maximum absolute atomic E-state index is 11.4. The highest BCUT2D eigenvalue weighted by Gasteiger charge is 2.09. The minimum absolute atomic E-state index is 0.00557. The summed E-state index contributed by atoms with van der Waals surface area (Å²) in [5.41, 5.74) is 2.32. The Morgan fingerprint density at radius 1 is 1.50 bits per heavy atom. The molecule has 1 rings (SSSR count). The lowest BCUT2D eigenvalue weighted by Gasteiger charge is -2.16. The third-order valence-electron chi connectivity index (χ3n) is 2.41. The van der Waals surface area contributed by atoms with Crippen LogP contribution in [0.4, 0.5) is 4.79 Å². The van der Waals surface area contributed by atoms with Gasteiger partial charge in [-0.15, -0.1) is 6.58 Å². The Bertz CT molecular complexity index is 374. The smallest absolute Gasteiger partial charge is 0.315 e. The van der Waals surface area contributed by atoms with E-state index in [1.165, 1.54) is 5.56 Å². The molecular formula is C13H18N2O. The number of nitrogens with one attached hydrogen (secondary N) is 2. The van der Waals surface area contributed by atoms with Gasteiger partial charge >= 0.3 is 6.03 Å². The van der Waals surface area contributed by atoms with Crippen molar-refractivity contribution in [2.45, 2.75) is 19.9 Å². The molecule has 2 N–H and O–H groups in total. The molecule has 1 atom stereocenters. The lowest BCUT2D eigenvalue weighted by atomic mass is 10.0. The van der Waals surface area contributed by atoms with Crippen molar-refractivity contribution in [3.8, 4) is 0 Å². The van der Waals surface area contributed by atoms with Gasteiger partial charge in [-0.25, -0.2) is 4.79 Å². The van der Waals surface area contributed by atoms with E-state index >= 15 is 0 Å². The molecule has 86 valence electrons. The maximum Gasteiger partial charge on any atom is 0.315 e. The van der Waals surface area contributed by atoms with Crippen LogP contribution >= 0.6 is 0 Å². The van der Waals surface area contributed by atoms with Gasteiger partial charge in [-0.1, -0.05) is 30.3 Å². The number of hydrogen-bond acceptors (Lipinski definition) is 1. The van der Waals surface area contributed by atoms with E-state index < -0.39 is 0 Å². The normalized spacial score (nSPS) is 11.6. The molecule has 1 aromatic rings. The average molecular weight is 218 g/mol. The van der Waals surface area contributed by atoms with Gasteiger partial charge in [-0.05, 0) is 25.0 Å². The summed E-state index contributed by atoms with van der Waals surface area (Å²) in [5, 5.41) is 5.56. The zero-order valence-electron chi connectivity index (χ0n) is 9.79. The first-order chi connectivity index (χ1) is 7.65. The molecule has 3 heteroatoms. The molecular weight excluding hydrogens is 200 g/mol. The molecule has 0 aliphatic carbocycles. The molecule has 0 radical (unpaired) electrons. The molecule has 0 heterocycles.